The molecule has 0 bridgehead atoms. The normalized spacial score (nSPS) is 13.7. The fraction of sp³-hybridized carbons (Fsp3) is 0.421. The maximum Gasteiger partial charge on any atom is 0.407 e. The van der Waals surface area contributed by atoms with Crippen molar-refractivity contribution >= 4 is 28.5 Å². The Morgan fingerprint density at radius 2 is 2.00 bits per heavy atom. The van der Waals surface area contributed by atoms with Gasteiger partial charge in [0.15, 0.2) is 16.6 Å². The van der Waals surface area contributed by atoms with Gasteiger partial charge in [-0.05, 0) is 30.5 Å². The summed E-state index contributed by atoms with van der Waals surface area (Å²) in [7, 11) is 1.26. The van der Waals surface area contributed by atoms with Crippen LogP contribution in [0.2, 0.25) is 0 Å². The highest BCUT2D eigenvalue weighted by molar-refractivity contribution is 7.14. The summed E-state index contributed by atoms with van der Waals surface area (Å²) in [6, 6.07) is 4.92. The summed E-state index contributed by atoms with van der Waals surface area (Å²) in [6.07, 6.45) is -0.154. The predicted molar refractivity (Wildman–Crippen MR) is 106 cm³/mol. The second-order valence-corrected chi connectivity index (χ2v) is 7.56. The van der Waals surface area contributed by atoms with Gasteiger partial charge in [-0.25, -0.2) is 9.78 Å². The van der Waals surface area contributed by atoms with Crippen molar-refractivity contribution in [3.63, 3.8) is 0 Å². The maximum absolute atomic E-state index is 12.6. The highest BCUT2D eigenvalue weighted by Crippen LogP contribution is 2.35. The van der Waals surface area contributed by atoms with Crippen LogP contribution in [0.5, 0.6) is 11.5 Å². The maximum atomic E-state index is 12.6. The van der Waals surface area contributed by atoms with E-state index in [1.165, 1.54) is 18.4 Å². The first kappa shape index (κ1) is 19.9. The molecule has 1 aliphatic rings. The molecule has 1 aromatic heterocycles. The standard InChI is InChI=1S/C19H23N3O5S/c1-11(2)8-13(21-19(24)25-3)17(23)22-18-20-14(10-28-18)12-4-5-15-16(9-12)27-7-6-26-15/h4-5,9-11,13H,6-8H2,1-3H3,(H,21,24)(H,20,22,23). The van der Waals surface area contributed by atoms with Gasteiger partial charge in [0, 0.05) is 10.9 Å². The summed E-state index contributed by atoms with van der Waals surface area (Å²) < 4.78 is 15.7. The molecule has 0 spiro atoms. The van der Waals surface area contributed by atoms with Crippen LogP contribution < -0.4 is 20.1 Å². The van der Waals surface area contributed by atoms with E-state index in [1.54, 1.807) is 0 Å². The number of rotatable bonds is 6. The number of carbonyl (C=O) groups excluding carboxylic acids is 2. The van der Waals surface area contributed by atoms with E-state index in [2.05, 4.69) is 20.4 Å². The second kappa shape index (κ2) is 8.92. The molecule has 2 heterocycles. The molecule has 1 atom stereocenters. The summed E-state index contributed by atoms with van der Waals surface area (Å²) in [4.78, 5) is 28.6. The summed E-state index contributed by atoms with van der Waals surface area (Å²) in [5.41, 5.74) is 1.59. The van der Waals surface area contributed by atoms with E-state index in [1.807, 2.05) is 37.4 Å². The summed E-state index contributed by atoms with van der Waals surface area (Å²) in [6.45, 7) is 5.00. The van der Waals surface area contributed by atoms with Gasteiger partial charge in [-0.15, -0.1) is 11.3 Å². The molecular weight excluding hydrogens is 382 g/mol. The molecule has 1 unspecified atom stereocenters. The number of benzene rings is 1. The van der Waals surface area contributed by atoms with E-state index in [0.29, 0.717) is 36.3 Å². The zero-order valence-electron chi connectivity index (χ0n) is 16.0. The number of anilines is 1. The van der Waals surface area contributed by atoms with Crippen LogP contribution in [0.15, 0.2) is 23.6 Å². The third kappa shape index (κ3) is 4.92. The number of methoxy groups -OCH3 is 1. The Labute approximate surface area is 167 Å². The Kier molecular flexibility index (Phi) is 6.35. The zero-order chi connectivity index (χ0) is 20.1. The van der Waals surface area contributed by atoms with Gasteiger partial charge in [-0.2, -0.15) is 0 Å². The van der Waals surface area contributed by atoms with Crippen LogP contribution in [0, 0.1) is 5.92 Å². The van der Waals surface area contributed by atoms with Crippen LogP contribution in [-0.2, 0) is 9.53 Å². The first-order valence-corrected chi connectivity index (χ1v) is 9.85. The van der Waals surface area contributed by atoms with Crippen LogP contribution in [-0.4, -0.2) is 43.3 Å². The molecule has 28 heavy (non-hydrogen) atoms. The van der Waals surface area contributed by atoms with Crippen LogP contribution >= 0.6 is 11.3 Å². The van der Waals surface area contributed by atoms with E-state index >= 15 is 0 Å². The highest BCUT2D eigenvalue weighted by atomic mass is 32.1. The van der Waals surface area contributed by atoms with Crippen molar-refractivity contribution < 1.29 is 23.8 Å². The first-order valence-electron chi connectivity index (χ1n) is 8.97. The summed E-state index contributed by atoms with van der Waals surface area (Å²) in [5, 5.41) is 7.64. The Hall–Kier alpha value is -2.81. The third-order valence-corrected chi connectivity index (χ3v) is 4.83. The van der Waals surface area contributed by atoms with Gasteiger partial charge in [0.1, 0.15) is 19.3 Å². The average molecular weight is 405 g/mol. The summed E-state index contributed by atoms with van der Waals surface area (Å²) >= 11 is 1.31. The zero-order valence-corrected chi connectivity index (χ0v) is 16.8. The molecule has 0 saturated heterocycles. The predicted octanol–water partition coefficient (Wildman–Crippen LogP) is 3.29. The minimum absolute atomic E-state index is 0.220. The fourth-order valence-corrected chi connectivity index (χ4v) is 3.49. The molecule has 150 valence electrons. The van der Waals surface area contributed by atoms with Crippen LogP contribution in [0.1, 0.15) is 20.3 Å². The number of ether oxygens (including phenoxy) is 3. The molecule has 0 saturated carbocycles. The van der Waals surface area contributed by atoms with Crippen molar-refractivity contribution in [2.45, 2.75) is 26.3 Å². The van der Waals surface area contributed by atoms with Crippen LogP contribution in [0.3, 0.4) is 0 Å². The summed E-state index contributed by atoms with van der Waals surface area (Å²) in [5.74, 6) is 1.28. The van der Waals surface area contributed by atoms with Crippen LogP contribution in [0.4, 0.5) is 9.93 Å². The van der Waals surface area contributed by atoms with E-state index in [9.17, 15) is 9.59 Å². The highest BCUT2D eigenvalue weighted by Gasteiger charge is 2.23. The molecule has 2 N–H and O–H groups in total. The smallest absolute Gasteiger partial charge is 0.407 e. The monoisotopic (exact) mass is 405 g/mol. The van der Waals surface area contributed by atoms with Gasteiger partial charge in [0.25, 0.3) is 0 Å². The number of amides is 2. The van der Waals surface area contributed by atoms with Gasteiger partial charge in [-0.1, -0.05) is 13.8 Å². The minimum Gasteiger partial charge on any atom is -0.486 e. The Bertz CT molecular complexity index is 852. The number of nitrogens with one attached hydrogen (secondary N) is 2. The minimum atomic E-state index is -0.700. The molecule has 0 aliphatic carbocycles. The van der Waals surface area contributed by atoms with Crippen molar-refractivity contribution in [2.24, 2.45) is 5.92 Å². The van der Waals surface area contributed by atoms with Gasteiger partial charge in [-0.3, -0.25) is 4.79 Å². The average Bonchev–Trinajstić information content (AvgIpc) is 3.15. The number of aromatic nitrogens is 1. The molecule has 8 nitrogen and oxygen atoms in total. The van der Waals surface area contributed by atoms with Gasteiger partial charge < -0.3 is 24.8 Å². The Balaban J connectivity index is 1.70. The Morgan fingerprint density at radius 1 is 1.25 bits per heavy atom. The van der Waals surface area contributed by atoms with E-state index in [4.69, 9.17) is 9.47 Å². The second-order valence-electron chi connectivity index (χ2n) is 6.70. The van der Waals surface area contributed by atoms with E-state index in [0.717, 1.165) is 11.3 Å². The molecule has 3 rings (SSSR count). The number of fused-ring (bicyclic) bond motifs is 1. The SMILES string of the molecule is COC(=O)NC(CC(C)C)C(=O)Nc1nc(-c2ccc3c(c2)OCCO3)cs1. The lowest BCUT2D eigenvalue weighted by Gasteiger charge is -2.18. The van der Waals surface area contributed by atoms with Crippen LogP contribution in [0.25, 0.3) is 11.3 Å². The van der Waals surface area contributed by atoms with Crippen molar-refractivity contribution in [3.05, 3.63) is 23.6 Å². The van der Waals surface area contributed by atoms with Crippen molar-refractivity contribution in [1.29, 1.82) is 0 Å². The van der Waals surface area contributed by atoms with Crippen molar-refractivity contribution in [2.75, 3.05) is 25.6 Å². The molecule has 2 amide bonds. The lowest BCUT2D eigenvalue weighted by atomic mass is 10.0. The molecule has 9 heteroatoms. The Morgan fingerprint density at radius 3 is 2.71 bits per heavy atom. The van der Waals surface area contributed by atoms with Crippen molar-refractivity contribution in [1.82, 2.24) is 10.3 Å². The molecular formula is C19H23N3O5S. The van der Waals surface area contributed by atoms with E-state index in [-0.39, 0.29) is 11.8 Å². The largest absolute Gasteiger partial charge is 0.486 e. The van der Waals surface area contributed by atoms with Crippen molar-refractivity contribution in [3.8, 4) is 22.8 Å². The number of carbonyl (C=O) groups is 2. The fourth-order valence-electron chi connectivity index (χ4n) is 2.76. The molecule has 1 aliphatic heterocycles. The molecule has 0 radical (unpaired) electrons. The number of hydrogen-bond donors (Lipinski definition) is 2. The van der Waals surface area contributed by atoms with Gasteiger partial charge in [0.05, 0.1) is 12.8 Å². The lowest BCUT2D eigenvalue weighted by Crippen LogP contribution is -2.44. The number of alkyl carbamates (subject to hydrolysis) is 1. The topological polar surface area (TPSA) is 98.8 Å². The van der Waals surface area contributed by atoms with Gasteiger partial charge in [0.2, 0.25) is 5.91 Å². The molecule has 1 aromatic carbocycles. The van der Waals surface area contributed by atoms with Gasteiger partial charge >= 0.3 is 6.09 Å². The quantitative estimate of drug-likeness (QED) is 0.765. The molecule has 0 fully saturated rings. The number of thiazole rings is 1. The van der Waals surface area contributed by atoms with E-state index < -0.39 is 12.1 Å². The third-order valence-electron chi connectivity index (χ3n) is 4.07. The number of hydrogen-bond acceptors (Lipinski definition) is 7. The first-order chi connectivity index (χ1) is 13.5. The molecule has 2 aromatic rings. The lowest BCUT2D eigenvalue weighted by molar-refractivity contribution is -0.118. The number of nitrogens with zero attached hydrogens (tertiary/aromatic N) is 1.